The summed E-state index contributed by atoms with van der Waals surface area (Å²) in [6, 6.07) is 7.94. The predicted octanol–water partition coefficient (Wildman–Crippen LogP) is 4.34. The number of rotatable bonds is 1. The van der Waals surface area contributed by atoms with Gasteiger partial charge in [-0.05, 0) is 55.4 Å². The van der Waals surface area contributed by atoms with Crippen LogP contribution in [-0.4, -0.2) is 4.98 Å². The summed E-state index contributed by atoms with van der Waals surface area (Å²) in [5, 5.41) is 2.04. The smallest absolute Gasteiger partial charge is 0.106 e. The van der Waals surface area contributed by atoms with Crippen molar-refractivity contribution in [1.82, 2.24) is 4.98 Å². The minimum absolute atomic E-state index is 0.866. The molecule has 4 heteroatoms. The fourth-order valence-corrected chi connectivity index (χ4v) is 2.90. The van der Waals surface area contributed by atoms with E-state index in [1.807, 2.05) is 29.6 Å². The summed E-state index contributed by atoms with van der Waals surface area (Å²) in [6.45, 7) is 0. The molecule has 0 unspecified atom stereocenters. The lowest BCUT2D eigenvalue weighted by molar-refractivity contribution is 1.29. The number of halogens is 2. The van der Waals surface area contributed by atoms with Crippen molar-refractivity contribution in [3.63, 3.8) is 0 Å². The molecule has 0 aliphatic heterocycles. The molecule has 0 saturated carbocycles. The van der Waals surface area contributed by atoms with Crippen LogP contribution in [0.3, 0.4) is 0 Å². The highest BCUT2D eigenvalue weighted by Crippen LogP contribution is 2.32. The normalized spacial score (nSPS) is 10.3. The average molecular weight is 319 g/mol. The van der Waals surface area contributed by atoms with Crippen LogP contribution in [0, 0.1) is 0 Å². The van der Waals surface area contributed by atoms with Crippen LogP contribution in [-0.2, 0) is 0 Å². The molecule has 0 fully saturated rings. The monoisotopic (exact) mass is 317 g/mol. The van der Waals surface area contributed by atoms with Gasteiger partial charge in [0.15, 0.2) is 0 Å². The van der Waals surface area contributed by atoms with E-state index < -0.39 is 0 Å². The minimum atomic E-state index is 0.866. The number of hydrogen-bond acceptors (Lipinski definition) is 2. The van der Waals surface area contributed by atoms with Gasteiger partial charge in [-0.1, -0.05) is 6.07 Å². The highest BCUT2D eigenvalue weighted by molar-refractivity contribution is 9.10. The zero-order chi connectivity index (χ0) is 9.26. The Kier molecular flexibility index (Phi) is 2.81. The van der Waals surface area contributed by atoms with Crippen LogP contribution >= 0.6 is 43.2 Å². The van der Waals surface area contributed by atoms with Gasteiger partial charge in [0.05, 0.1) is 10.6 Å². The van der Waals surface area contributed by atoms with E-state index in [2.05, 4.69) is 36.8 Å². The van der Waals surface area contributed by atoms with E-state index in [1.54, 1.807) is 11.3 Å². The van der Waals surface area contributed by atoms with Crippen LogP contribution < -0.4 is 0 Å². The lowest BCUT2D eigenvalue weighted by Crippen LogP contribution is -1.80. The third-order valence-corrected chi connectivity index (χ3v) is 3.87. The maximum atomic E-state index is 4.37. The SMILES string of the molecule is Brc1cccc(-c2sccc2Br)n1. The second-order valence-corrected chi connectivity index (χ2v) is 5.03. The van der Waals surface area contributed by atoms with Crippen LogP contribution in [0.15, 0.2) is 38.7 Å². The van der Waals surface area contributed by atoms with Gasteiger partial charge in [-0.2, -0.15) is 0 Å². The molecule has 1 nitrogen and oxygen atoms in total. The molecule has 0 saturated heterocycles. The van der Waals surface area contributed by atoms with Crippen molar-refractivity contribution in [3.05, 3.63) is 38.7 Å². The van der Waals surface area contributed by atoms with Gasteiger partial charge in [0.25, 0.3) is 0 Å². The van der Waals surface area contributed by atoms with Gasteiger partial charge in [-0.3, -0.25) is 0 Å². The average Bonchev–Trinajstić information content (AvgIpc) is 2.51. The lowest BCUT2D eigenvalue weighted by Gasteiger charge is -1.97. The second kappa shape index (κ2) is 3.90. The van der Waals surface area contributed by atoms with Crippen molar-refractivity contribution in [2.45, 2.75) is 0 Å². The van der Waals surface area contributed by atoms with Gasteiger partial charge in [0, 0.05) is 4.47 Å². The third-order valence-electron chi connectivity index (χ3n) is 1.56. The Morgan fingerprint density at radius 1 is 1.15 bits per heavy atom. The molecule has 0 bridgehead atoms. The zero-order valence-electron chi connectivity index (χ0n) is 6.50. The van der Waals surface area contributed by atoms with Crippen LogP contribution in [0.4, 0.5) is 0 Å². The summed E-state index contributed by atoms with van der Waals surface area (Å²) in [6.07, 6.45) is 0. The maximum absolute atomic E-state index is 4.37. The third kappa shape index (κ3) is 2.00. The fraction of sp³-hybridized carbons (Fsp3) is 0. The van der Waals surface area contributed by atoms with Crippen LogP contribution in [0.1, 0.15) is 0 Å². The molecule has 2 heterocycles. The van der Waals surface area contributed by atoms with Gasteiger partial charge < -0.3 is 0 Å². The van der Waals surface area contributed by atoms with Crippen LogP contribution in [0.2, 0.25) is 0 Å². The van der Waals surface area contributed by atoms with Crippen LogP contribution in [0.5, 0.6) is 0 Å². The van der Waals surface area contributed by atoms with Crippen molar-refractivity contribution >= 4 is 43.2 Å². The van der Waals surface area contributed by atoms with Crippen molar-refractivity contribution < 1.29 is 0 Å². The summed E-state index contributed by atoms with van der Waals surface area (Å²) in [5.74, 6) is 0. The highest BCUT2D eigenvalue weighted by atomic mass is 79.9. The Hall–Kier alpha value is -0.190. The molecule has 0 N–H and O–H groups in total. The maximum Gasteiger partial charge on any atom is 0.106 e. The summed E-state index contributed by atoms with van der Waals surface area (Å²) >= 11 is 8.51. The molecule has 2 rings (SSSR count). The van der Waals surface area contributed by atoms with Crippen molar-refractivity contribution in [3.8, 4) is 10.6 Å². The molecular weight excluding hydrogens is 314 g/mol. The summed E-state index contributed by atoms with van der Waals surface area (Å²) in [7, 11) is 0. The van der Waals surface area contributed by atoms with E-state index in [0.717, 1.165) is 14.8 Å². The first-order valence-electron chi connectivity index (χ1n) is 3.63. The molecule has 13 heavy (non-hydrogen) atoms. The topological polar surface area (TPSA) is 12.9 Å². The Morgan fingerprint density at radius 2 is 2.00 bits per heavy atom. The molecule has 66 valence electrons. The number of pyridine rings is 1. The Morgan fingerprint density at radius 3 is 2.62 bits per heavy atom. The van der Waals surface area contributed by atoms with E-state index >= 15 is 0 Å². The lowest BCUT2D eigenvalue weighted by atomic mass is 10.3. The van der Waals surface area contributed by atoms with Gasteiger partial charge in [0.2, 0.25) is 0 Å². The van der Waals surface area contributed by atoms with Gasteiger partial charge in [-0.15, -0.1) is 11.3 Å². The standard InChI is InChI=1S/C9H5Br2NS/c10-6-4-5-13-9(6)7-2-1-3-8(11)12-7/h1-5H. The second-order valence-electron chi connectivity index (χ2n) is 2.44. The molecule has 2 aromatic heterocycles. The molecule has 0 radical (unpaired) electrons. The molecule has 0 spiro atoms. The zero-order valence-corrected chi connectivity index (χ0v) is 10.5. The van der Waals surface area contributed by atoms with E-state index in [1.165, 1.54) is 4.88 Å². The Labute approximate surface area is 97.1 Å². The van der Waals surface area contributed by atoms with E-state index in [9.17, 15) is 0 Å². The van der Waals surface area contributed by atoms with E-state index in [4.69, 9.17) is 0 Å². The van der Waals surface area contributed by atoms with E-state index in [0.29, 0.717) is 0 Å². The van der Waals surface area contributed by atoms with E-state index in [-0.39, 0.29) is 0 Å². The van der Waals surface area contributed by atoms with Crippen molar-refractivity contribution in [2.24, 2.45) is 0 Å². The first kappa shape index (κ1) is 9.37. The molecule has 0 atom stereocenters. The molecule has 0 aliphatic rings. The largest absolute Gasteiger partial charge is 0.240 e. The number of hydrogen-bond donors (Lipinski definition) is 0. The minimum Gasteiger partial charge on any atom is -0.240 e. The fourth-order valence-electron chi connectivity index (χ4n) is 1.01. The first-order chi connectivity index (χ1) is 6.27. The highest BCUT2D eigenvalue weighted by Gasteiger charge is 2.05. The molecule has 0 aromatic carbocycles. The molecule has 0 aliphatic carbocycles. The predicted molar refractivity (Wildman–Crippen MR) is 63.0 cm³/mol. The van der Waals surface area contributed by atoms with Crippen LogP contribution in [0.25, 0.3) is 10.6 Å². The first-order valence-corrected chi connectivity index (χ1v) is 6.10. The van der Waals surface area contributed by atoms with Gasteiger partial charge in [-0.25, -0.2) is 4.98 Å². The number of nitrogens with zero attached hydrogens (tertiary/aromatic N) is 1. The molecule has 0 amide bonds. The summed E-state index contributed by atoms with van der Waals surface area (Å²) in [4.78, 5) is 5.54. The Bertz CT molecular complexity index is 425. The molecular formula is C9H5Br2NS. The number of aromatic nitrogens is 1. The van der Waals surface area contributed by atoms with Crippen molar-refractivity contribution in [2.75, 3.05) is 0 Å². The van der Waals surface area contributed by atoms with Gasteiger partial charge in [0.1, 0.15) is 4.60 Å². The summed E-state index contributed by atoms with van der Waals surface area (Å²) in [5.41, 5.74) is 0.997. The van der Waals surface area contributed by atoms with Gasteiger partial charge >= 0.3 is 0 Å². The quantitative estimate of drug-likeness (QED) is 0.713. The number of thiophene rings is 1. The molecule has 2 aromatic rings. The summed E-state index contributed by atoms with van der Waals surface area (Å²) < 4.78 is 1.97. The Balaban J connectivity index is 2.53. The van der Waals surface area contributed by atoms with Crippen molar-refractivity contribution in [1.29, 1.82) is 0 Å².